The molecule has 0 bridgehead atoms. The third-order valence-corrected chi connectivity index (χ3v) is 9.44. The van der Waals surface area contributed by atoms with E-state index in [9.17, 15) is 24.0 Å². The van der Waals surface area contributed by atoms with Gasteiger partial charge in [0, 0.05) is 44.8 Å². The predicted octanol–water partition coefficient (Wildman–Crippen LogP) is 1.30. The zero-order valence-electron chi connectivity index (χ0n) is 28.0. The molecule has 3 aliphatic rings. The molecule has 4 heterocycles. The third-order valence-electron chi connectivity index (χ3n) is 9.44. The Hall–Kier alpha value is -4.37. The first-order chi connectivity index (χ1) is 23.1. The molecule has 262 valence electrons. The number of rotatable bonds is 11. The largest absolute Gasteiger partial charge is 0.519 e. The van der Waals surface area contributed by atoms with Crippen LogP contribution >= 0.6 is 0 Å². The van der Waals surface area contributed by atoms with Gasteiger partial charge < -0.3 is 44.1 Å². The number of nitrogens with one attached hydrogen (secondary N) is 3. The van der Waals surface area contributed by atoms with Crippen LogP contribution in [-0.2, 0) is 25.7 Å². The van der Waals surface area contributed by atoms with Crippen LogP contribution in [0.15, 0.2) is 37.9 Å². The van der Waals surface area contributed by atoms with Gasteiger partial charge in [-0.25, -0.2) is 9.59 Å². The van der Waals surface area contributed by atoms with Crippen molar-refractivity contribution < 1.29 is 37.5 Å². The average molecular weight is 671 g/mol. The van der Waals surface area contributed by atoms with E-state index in [1.54, 1.807) is 42.7 Å². The molecule has 15 heteroatoms. The molecule has 48 heavy (non-hydrogen) atoms. The van der Waals surface area contributed by atoms with Crippen LogP contribution < -0.4 is 26.5 Å². The minimum absolute atomic E-state index is 0.0717. The molecule has 3 N–H and O–H groups in total. The SMILES string of the molecule is COCCCNC(=O)N1CC[C@H]2CC[C@@H](C(=O)N[C@@H]3CCOc4ccccc43)N2C(=O)[C@@H](NC(=O)[C@H](C)N(C)Cc2oc(=O)oc2C)C1. The normalized spacial score (nSPS) is 23.0. The molecule has 5 atom stereocenters. The Morgan fingerprint density at radius 2 is 1.85 bits per heavy atom. The van der Waals surface area contributed by atoms with E-state index in [2.05, 4.69) is 16.0 Å². The van der Waals surface area contributed by atoms with Crippen molar-refractivity contribution in [3.05, 3.63) is 52.0 Å². The first-order valence-corrected chi connectivity index (χ1v) is 16.5. The third kappa shape index (κ3) is 8.01. The van der Waals surface area contributed by atoms with Crippen LogP contribution in [0.4, 0.5) is 4.79 Å². The Morgan fingerprint density at radius 3 is 2.60 bits per heavy atom. The van der Waals surface area contributed by atoms with Crippen molar-refractivity contribution >= 4 is 23.8 Å². The Labute approximate surface area is 279 Å². The van der Waals surface area contributed by atoms with Gasteiger partial charge in [0.2, 0.25) is 17.7 Å². The second-order valence-electron chi connectivity index (χ2n) is 12.6. The van der Waals surface area contributed by atoms with Crippen molar-refractivity contribution in [1.29, 1.82) is 0 Å². The fourth-order valence-corrected chi connectivity index (χ4v) is 6.58. The molecule has 0 unspecified atom stereocenters. The van der Waals surface area contributed by atoms with Crippen LogP contribution in [0.5, 0.6) is 5.75 Å². The highest BCUT2D eigenvalue weighted by Gasteiger charge is 2.46. The van der Waals surface area contributed by atoms with Crippen LogP contribution in [0.3, 0.4) is 0 Å². The number of hydrogen-bond acceptors (Lipinski definition) is 10. The number of nitrogens with zero attached hydrogens (tertiary/aromatic N) is 3. The molecule has 2 fully saturated rings. The monoisotopic (exact) mass is 670 g/mol. The summed E-state index contributed by atoms with van der Waals surface area (Å²) in [5, 5.41) is 8.91. The second-order valence-corrected chi connectivity index (χ2v) is 12.6. The highest BCUT2D eigenvalue weighted by Crippen LogP contribution is 2.34. The van der Waals surface area contributed by atoms with Gasteiger partial charge in [0.25, 0.3) is 0 Å². The molecule has 0 spiro atoms. The van der Waals surface area contributed by atoms with Crippen molar-refractivity contribution in [2.24, 2.45) is 0 Å². The summed E-state index contributed by atoms with van der Waals surface area (Å²) in [5.74, 6) is -0.618. The maximum Gasteiger partial charge on any atom is 0.519 e. The lowest BCUT2D eigenvalue weighted by molar-refractivity contribution is -0.145. The molecule has 1 aromatic carbocycles. The van der Waals surface area contributed by atoms with E-state index in [0.717, 1.165) is 11.3 Å². The number of carbonyl (C=O) groups excluding carboxylic acids is 4. The number of likely N-dealkylation sites (N-methyl/N-ethyl adjacent to an activating group) is 1. The second kappa shape index (κ2) is 15.7. The van der Waals surface area contributed by atoms with E-state index in [-0.39, 0.29) is 37.1 Å². The summed E-state index contributed by atoms with van der Waals surface area (Å²) >= 11 is 0. The van der Waals surface area contributed by atoms with Crippen molar-refractivity contribution in [1.82, 2.24) is 30.7 Å². The number of hydrogen-bond donors (Lipinski definition) is 3. The lowest BCUT2D eigenvalue weighted by atomic mass is 10.00. The first-order valence-electron chi connectivity index (χ1n) is 16.5. The predicted molar refractivity (Wildman–Crippen MR) is 172 cm³/mol. The highest BCUT2D eigenvalue weighted by molar-refractivity contribution is 5.94. The number of benzene rings is 1. The van der Waals surface area contributed by atoms with Crippen LogP contribution in [0.1, 0.15) is 62.2 Å². The van der Waals surface area contributed by atoms with E-state index < -0.39 is 35.8 Å². The van der Waals surface area contributed by atoms with Gasteiger partial charge in [-0.3, -0.25) is 19.3 Å². The van der Waals surface area contributed by atoms with Gasteiger partial charge in [-0.05, 0) is 52.6 Å². The lowest BCUT2D eigenvalue weighted by Crippen LogP contribution is -2.63. The van der Waals surface area contributed by atoms with Crippen molar-refractivity contribution in [2.75, 3.05) is 47.0 Å². The number of urea groups is 1. The van der Waals surface area contributed by atoms with Gasteiger partial charge in [0.1, 0.15) is 23.6 Å². The maximum atomic E-state index is 14.4. The van der Waals surface area contributed by atoms with Gasteiger partial charge in [-0.1, -0.05) is 18.2 Å². The number of fused-ring (bicyclic) bond motifs is 2. The van der Waals surface area contributed by atoms with E-state index in [1.165, 1.54) is 0 Å². The van der Waals surface area contributed by atoms with Gasteiger partial charge in [0.05, 0.1) is 31.8 Å². The summed E-state index contributed by atoms with van der Waals surface area (Å²) in [4.78, 5) is 71.4. The summed E-state index contributed by atoms with van der Waals surface area (Å²) in [5.41, 5.74) is 0.894. The molecule has 15 nitrogen and oxygen atoms in total. The Morgan fingerprint density at radius 1 is 1.06 bits per heavy atom. The summed E-state index contributed by atoms with van der Waals surface area (Å²) < 4.78 is 20.9. The van der Waals surface area contributed by atoms with Gasteiger partial charge in [0.15, 0.2) is 5.76 Å². The Bertz CT molecular complexity index is 1520. The maximum absolute atomic E-state index is 14.4. The molecule has 1 aromatic heterocycles. The van der Waals surface area contributed by atoms with Gasteiger partial charge in [-0.15, -0.1) is 0 Å². The zero-order valence-corrected chi connectivity index (χ0v) is 28.0. The van der Waals surface area contributed by atoms with E-state index >= 15 is 0 Å². The van der Waals surface area contributed by atoms with Crippen molar-refractivity contribution in [3.63, 3.8) is 0 Å². The number of amides is 5. The summed E-state index contributed by atoms with van der Waals surface area (Å²) in [6.45, 7) is 5.00. The fourth-order valence-electron chi connectivity index (χ4n) is 6.58. The summed E-state index contributed by atoms with van der Waals surface area (Å²) in [6.07, 6.45) is 2.78. The van der Waals surface area contributed by atoms with Crippen LogP contribution in [0.2, 0.25) is 0 Å². The number of aryl methyl sites for hydroxylation is 1. The highest BCUT2D eigenvalue weighted by atomic mass is 16.6. The van der Waals surface area contributed by atoms with E-state index in [0.29, 0.717) is 69.9 Å². The first kappa shape index (κ1) is 35.0. The molecule has 0 aliphatic carbocycles. The molecule has 5 amide bonds. The van der Waals surface area contributed by atoms with Crippen LogP contribution in [-0.4, -0.2) is 110 Å². The topological polar surface area (TPSA) is 176 Å². The molecule has 0 saturated carbocycles. The van der Waals surface area contributed by atoms with Crippen LogP contribution in [0, 0.1) is 6.92 Å². The Kier molecular flexibility index (Phi) is 11.4. The number of para-hydroxylation sites is 1. The van der Waals surface area contributed by atoms with Gasteiger partial charge >= 0.3 is 11.9 Å². The molecule has 0 radical (unpaired) electrons. The summed E-state index contributed by atoms with van der Waals surface area (Å²) in [7, 11) is 3.27. The van der Waals surface area contributed by atoms with E-state index in [4.69, 9.17) is 18.3 Å². The zero-order chi connectivity index (χ0) is 34.4. The number of carbonyl (C=O) groups is 4. The molecule has 2 aromatic rings. The minimum Gasteiger partial charge on any atom is -0.493 e. The Balaban J connectivity index is 1.33. The molecular weight excluding hydrogens is 624 g/mol. The smallest absolute Gasteiger partial charge is 0.493 e. The van der Waals surface area contributed by atoms with Crippen LogP contribution in [0.25, 0.3) is 0 Å². The molecule has 3 aliphatic heterocycles. The van der Waals surface area contributed by atoms with Gasteiger partial charge in [-0.2, -0.15) is 0 Å². The lowest BCUT2D eigenvalue weighted by Gasteiger charge is -2.39. The molecule has 5 rings (SSSR count). The van der Waals surface area contributed by atoms with E-state index in [1.807, 2.05) is 24.3 Å². The van der Waals surface area contributed by atoms with Crippen molar-refractivity contribution in [3.8, 4) is 5.75 Å². The average Bonchev–Trinajstić information content (AvgIpc) is 3.64. The molecular formula is C33H46N6O9. The number of ether oxygens (including phenoxy) is 2. The minimum atomic E-state index is -1.10. The standard InChI is InChI=1S/C33H46N6O9/c1-20(37(3)19-28-21(2)47-33(44)48-28)29(40)36-25-18-38(32(43)34-14-7-16-45-4)15-12-22-10-11-26(39(22)31(25)42)30(41)35-24-13-17-46-27-9-6-5-8-23(24)27/h5-6,8-9,20,22,24-26H,7,10-19H2,1-4H3,(H,34,43)(H,35,41)(H,36,40)/t20-,22+,24+,25-,26-/m0/s1. The summed E-state index contributed by atoms with van der Waals surface area (Å²) in [6, 6.07) is 4.13. The molecule has 2 saturated heterocycles. The number of methoxy groups -OCH3 is 1. The van der Waals surface area contributed by atoms with Crippen molar-refractivity contribution in [2.45, 2.75) is 82.7 Å². The quantitative estimate of drug-likeness (QED) is 0.296. The fraction of sp³-hybridized carbons (Fsp3) is 0.606.